The summed E-state index contributed by atoms with van der Waals surface area (Å²) >= 11 is 0. The SMILES string of the molecule is CC(C)(C)NCc1ccoc1COCc1ccccc1. The minimum Gasteiger partial charge on any atom is -0.467 e. The summed E-state index contributed by atoms with van der Waals surface area (Å²) in [6.07, 6.45) is 1.72. The first-order valence-electron chi connectivity index (χ1n) is 6.96. The molecule has 0 fully saturated rings. The second kappa shape index (κ2) is 6.73. The van der Waals surface area contributed by atoms with Crippen molar-refractivity contribution in [3.8, 4) is 0 Å². The van der Waals surface area contributed by atoms with Crippen molar-refractivity contribution >= 4 is 0 Å². The highest BCUT2D eigenvalue weighted by molar-refractivity contribution is 5.17. The maximum Gasteiger partial charge on any atom is 0.133 e. The lowest BCUT2D eigenvalue weighted by Gasteiger charge is -2.20. The van der Waals surface area contributed by atoms with Gasteiger partial charge >= 0.3 is 0 Å². The normalized spacial score (nSPS) is 11.8. The molecule has 0 saturated carbocycles. The van der Waals surface area contributed by atoms with E-state index in [1.54, 1.807) is 6.26 Å². The van der Waals surface area contributed by atoms with Gasteiger partial charge in [-0.1, -0.05) is 30.3 Å². The van der Waals surface area contributed by atoms with Gasteiger partial charge in [0.1, 0.15) is 12.4 Å². The van der Waals surface area contributed by atoms with E-state index in [2.05, 4.69) is 38.2 Å². The Morgan fingerprint density at radius 2 is 1.80 bits per heavy atom. The molecule has 1 heterocycles. The molecule has 0 amide bonds. The van der Waals surface area contributed by atoms with E-state index in [4.69, 9.17) is 9.15 Å². The first-order chi connectivity index (χ1) is 9.54. The number of nitrogens with one attached hydrogen (secondary N) is 1. The van der Waals surface area contributed by atoms with Crippen molar-refractivity contribution in [1.82, 2.24) is 5.32 Å². The average molecular weight is 273 g/mol. The van der Waals surface area contributed by atoms with E-state index in [1.165, 1.54) is 5.56 Å². The quantitative estimate of drug-likeness (QED) is 0.867. The van der Waals surface area contributed by atoms with Gasteiger partial charge < -0.3 is 14.5 Å². The Hall–Kier alpha value is -1.58. The van der Waals surface area contributed by atoms with Crippen LogP contribution in [0.2, 0.25) is 0 Å². The summed E-state index contributed by atoms with van der Waals surface area (Å²) in [7, 11) is 0. The topological polar surface area (TPSA) is 34.4 Å². The highest BCUT2D eigenvalue weighted by Crippen LogP contribution is 2.14. The molecule has 0 aliphatic carbocycles. The van der Waals surface area contributed by atoms with Gasteiger partial charge in [-0.05, 0) is 32.4 Å². The van der Waals surface area contributed by atoms with Gasteiger partial charge in [-0.15, -0.1) is 0 Å². The zero-order valence-electron chi connectivity index (χ0n) is 12.5. The smallest absolute Gasteiger partial charge is 0.133 e. The molecule has 108 valence electrons. The molecular formula is C17H23NO2. The third-order valence-electron chi connectivity index (χ3n) is 2.99. The molecule has 1 aromatic heterocycles. The second-order valence-corrected chi connectivity index (χ2v) is 5.95. The lowest BCUT2D eigenvalue weighted by molar-refractivity contribution is 0.0920. The molecular weight excluding hydrogens is 250 g/mol. The summed E-state index contributed by atoms with van der Waals surface area (Å²) in [6, 6.07) is 12.2. The summed E-state index contributed by atoms with van der Waals surface area (Å²) in [5.41, 5.74) is 2.43. The Labute approximate surface area is 121 Å². The molecule has 0 atom stereocenters. The molecule has 3 heteroatoms. The number of furan rings is 1. The minimum atomic E-state index is 0.0967. The summed E-state index contributed by atoms with van der Waals surface area (Å²) in [5, 5.41) is 3.46. The molecule has 0 unspecified atom stereocenters. The number of hydrogen-bond acceptors (Lipinski definition) is 3. The largest absolute Gasteiger partial charge is 0.467 e. The predicted octanol–water partition coefficient (Wildman–Crippen LogP) is 3.88. The Kier molecular flexibility index (Phi) is 4.99. The van der Waals surface area contributed by atoms with Gasteiger partial charge in [0, 0.05) is 17.6 Å². The molecule has 1 aromatic carbocycles. The van der Waals surface area contributed by atoms with Gasteiger partial charge in [0.15, 0.2) is 0 Å². The van der Waals surface area contributed by atoms with Gasteiger partial charge in [0.05, 0.1) is 12.9 Å². The average Bonchev–Trinajstić information content (AvgIpc) is 2.84. The first kappa shape index (κ1) is 14.8. The third-order valence-corrected chi connectivity index (χ3v) is 2.99. The van der Waals surface area contributed by atoms with Crippen molar-refractivity contribution in [1.29, 1.82) is 0 Å². The lowest BCUT2D eigenvalue weighted by atomic mass is 10.1. The highest BCUT2D eigenvalue weighted by atomic mass is 16.5. The van der Waals surface area contributed by atoms with E-state index in [1.807, 2.05) is 24.3 Å². The number of benzene rings is 1. The summed E-state index contributed by atoms with van der Waals surface area (Å²) in [6.45, 7) is 8.36. The van der Waals surface area contributed by atoms with Crippen LogP contribution in [0.15, 0.2) is 47.1 Å². The van der Waals surface area contributed by atoms with E-state index in [0.29, 0.717) is 13.2 Å². The van der Waals surface area contributed by atoms with Gasteiger partial charge in [-0.25, -0.2) is 0 Å². The van der Waals surface area contributed by atoms with Gasteiger partial charge in [-0.3, -0.25) is 0 Å². The maximum absolute atomic E-state index is 5.72. The summed E-state index contributed by atoms with van der Waals surface area (Å²) in [5.74, 6) is 0.901. The van der Waals surface area contributed by atoms with Gasteiger partial charge in [-0.2, -0.15) is 0 Å². The third kappa shape index (κ3) is 4.83. The van der Waals surface area contributed by atoms with Crippen molar-refractivity contribution < 1.29 is 9.15 Å². The van der Waals surface area contributed by atoms with Crippen molar-refractivity contribution in [3.05, 3.63) is 59.5 Å². The van der Waals surface area contributed by atoms with Crippen LogP contribution >= 0.6 is 0 Å². The fraction of sp³-hybridized carbons (Fsp3) is 0.412. The van der Waals surface area contributed by atoms with Crippen molar-refractivity contribution in [3.63, 3.8) is 0 Å². The molecule has 0 spiro atoms. The number of rotatable bonds is 6. The summed E-state index contributed by atoms with van der Waals surface area (Å²) in [4.78, 5) is 0. The molecule has 2 rings (SSSR count). The van der Waals surface area contributed by atoms with Gasteiger partial charge in [0.2, 0.25) is 0 Å². The Balaban J connectivity index is 1.83. The molecule has 0 bridgehead atoms. The number of hydrogen-bond donors (Lipinski definition) is 1. The van der Waals surface area contributed by atoms with E-state index in [0.717, 1.165) is 17.9 Å². The molecule has 1 N–H and O–H groups in total. The van der Waals surface area contributed by atoms with Crippen LogP contribution in [0.25, 0.3) is 0 Å². The van der Waals surface area contributed by atoms with Crippen LogP contribution in [-0.4, -0.2) is 5.54 Å². The summed E-state index contributed by atoms with van der Waals surface area (Å²) < 4.78 is 11.2. The van der Waals surface area contributed by atoms with E-state index < -0.39 is 0 Å². The highest BCUT2D eigenvalue weighted by Gasteiger charge is 2.12. The van der Waals surface area contributed by atoms with E-state index in [9.17, 15) is 0 Å². The van der Waals surface area contributed by atoms with Crippen LogP contribution in [0.1, 0.15) is 37.7 Å². The molecule has 2 aromatic rings. The Bertz CT molecular complexity index is 511. The Morgan fingerprint density at radius 3 is 2.50 bits per heavy atom. The van der Waals surface area contributed by atoms with Gasteiger partial charge in [0.25, 0.3) is 0 Å². The van der Waals surface area contributed by atoms with Crippen molar-refractivity contribution in [2.45, 2.75) is 46.1 Å². The first-order valence-corrected chi connectivity index (χ1v) is 6.96. The van der Waals surface area contributed by atoms with Crippen LogP contribution in [0.3, 0.4) is 0 Å². The van der Waals surface area contributed by atoms with E-state index >= 15 is 0 Å². The zero-order valence-corrected chi connectivity index (χ0v) is 12.5. The van der Waals surface area contributed by atoms with Crippen molar-refractivity contribution in [2.75, 3.05) is 0 Å². The molecule has 20 heavy (non-hydrogen) atoms. The van der Waals surface area contributed by atoms with Crippen LogP contribution in [-0.2, 0) is 24.5 Å². The molecule has 0 radical (unpaired) electrons. The second-order valence-electron chi connectivity index (χ2n) is 5.95. The predicted molar refractivity (Wildman–Crippen MR) is 80.2 cm³/mol. The van der Waals surface area contributed by atoms with Crippen LogP contribution in [0.4, 0.5) is 0 Å². The monoisotopic (exact) mass is 273 g/mol. The molecule has 3 nitrogen and oxygen atoms in total. The molecule has 0 aliphatic heterocycles. The Morgan fingerprint density at radius 1 is 1.05 bits per heavy atom. The zero-order chi connectivity index (χ0) is 14.4. The maximum atomic E-state index is 5.72. The minimum absolute atomic E-state index is 0.0967. The fourth-order valence-electron chi connectivity index (χ4n) is 1.85. The van der Waals surface area contributed by atoms with E-state index in [-0.39, 0.29) is 5.54 Å². The van der Waals surface area contributed by atoms with Crippen LogP contribution < -0.4 is 5.32 Å². The fourth-order valence-corrected chi connectivity index (χ4v) is 1.85. The molecule has 0 saturated heterocycles. The van der Waals surface area contributed by atoms with Crippen molar-refractivity contribution in [2.24, 2.45) is 0 Å². The molecule has 0 aliphatic rings. The number of ether oxygens (including phenoxy) is 1. The van der Waals surface area contributed by atoms with Crippen LogP contribution in [0, 0.1) is 0 Å². The lowest BCUT2D eigenvalue weighted by Crippen LogP contribution is -2.35. The standard InChI is InChI=1S/C17H23NO2/c1-17(2,3)18-11-15-9-10-20-16(15)13-19-12-14-7-5-4-6-8-14/h4-10,18H,11-13H2,1-3H3. The van der Waals surface area contributed by atoms with Crippen LogP contribution in [0.5, 0.6) is 0 Å².